The molecule has 2 aromatic carbocycles. The number of benzene rings is 2. The van der Waals surface area contributed by atoms with Crippen molar-refractivity contribution in [2.24, 2.45) is 0 Å². The van der Waals surface area contributed by atoms with Crippen molar-refractivity contribution < 1.29 is 22.3 Å². The number of rotatable bonds is 7. The van der Waals surface area contributed by atoms with Crippen molar-refractivity contribution in [3.8, 4) is 11.4 Å². The number of carbonyl (C=O) groups excluding carboxylic acids is 1. The molecule has 0 radical (unpaired) electrons. The molecule has 0 bridgehead atoms. The number of anilines is 1. The number of nitrogens with zero attached hydrogens (tertiary/aromatic N) is 2. The van der Waals surface area contributed by atoms with Crippen LogP contribution in [-0.4, -0.2) is 37.3 Å². The number of aromatic nitrogens is 2. The van der Waals surface area contributed by atoms with Crippen molar-refractivity contribution in [3.05, 3.63) is 65.6 Å². The maximum Gasteiger partial charge on any atom is 0.256 e. The molecule has 0 unspecified atom stereocenters. The smallest absolute Gasteiger partial charge is 0.256 e. The summed E-state index contributed by atoms with van der Waals surface area (Å²) in [6, 6.07) is 11.3. The van der Waals surface area contributed by atoms with Gasteiger partial charge in [0, 0.05) is 23.1 Å². The van der Waals surface area contributed by atoms with E-state index >= 15 is 0 Å². The summed E-state index contributed by atoms with van der Waals surface area (Å²) in [6.45, 7) is 9.35. The fourth-order valence-electron chi connectivity index (χ4n) is 3.21. The van der Waals surface area contributed by atoms with E-state index < -0.39 is 15.9 Å². The molecule has 10 heteroatoms. The summed E-state index contributed by atoms with van der Waals surface area (Å²) in [5, 5.41) is 7.40. The maximum atomic E-state index is 13.4. The highest BCUT2D eigenvalue weighted by Gasteiger charge is 2.25. The van der Waals surface area contributed by atoms with Crippen molar-refractivity contribution in [2.45, 2.75) is 51.0 Å². The van der Waals surface area contributed by atoms with Crippen molar-refractivity contribution >= 4 is 21.7 Å². The number of hydrogen-bond acceptors (Lipinski definition) is 5. The summed E-state index contributed by atoms with van der Waals surface area (Å²) in [4.78, 5) is 13.0. The molecular weight excluding hydrogens is 459 g/mol. The number of hydrogen-bond donors (Lipinski definition) is 2. The quantitative estimate of drug-likeness (QED) is 0.518. The highest BCUT2D eigenvalue weighted by atomic mass is 32.2. The molecule has 0 saturated heterocycles. The normalized spacial score (nSPS) is 12.1. The molecule has 1 amide bonds. The number of ether oxygens (including phenoxy) is 1. The molecule has 3 rings (SSSR count). The van der Waals surface area contributed by atoms with Gasteiger partial charge >= 0.3 is 0 Å². The second-order valence-electron chi connectivity index (χ2n) is 9.15. The predicted octanol–water partition coefficient (Wildman–Crippen LogP) is 4.26. The van der Waals surface area contributed by atoms with E-state index in [-0.39, 0.29) is 33.5 Å². The number of carbonyl (C=O) groups is 1. The van der Waals surface area contributed by atoms with E-state index in [0.717, 1.165) is 0 Å². The maximum absolute atomic E-state index is 13.4. The predicted molar refractivity (Wildman–Crippen MR) is 129 cm³/mol. The molecule has 0 fully saturated rings. The molecule has 182 valence electrons. The molecule has 0 aliphatic carbocycles. The van der Waals surface area contributed by atoms with Crippen LogP contribution in [0, 0.1) is 5.82 Å². The SMILES string of the molecule is COc1ccc(C(=O)Nc2cc(C(C)(C)C)nn2-c2ccc(F)cc2)cc1S(=O)(=O)NC(C)C. The molecule has 3 aromatic rings. The van der Waals surface area contributed by atoms with Crippen LogP contribution in [0.1, 0.15) is 50.7 Å². The van der Waals surface area contributed by atoms with Gasteiger partial charge in [-0.15, -0.1) is 0 Å². The van der Waals surface area contributed by atoms with E-state index in [1.165, 1.54) is 42.1 Å². The van der Waals surface area contributed by atoms with Gasteiger partial charge in [0.05, 0.1) is 18.5 Å². The third-order valence-corrected chi connectivity index (χ3v) is 6.58. The topological polar surface area (TPSA) is 102 Å². The average Bonchev–Trinajstić information content (AvgIpc) is 3.17. The Hall–Kier alpha value is -3.24. The summed E-state index contributed by atoms with van der Waals surface area (Å²) in [5.74, 6) is -0.440. The van der Waals surface area contributed by atoms with Crippen LogP contribution in [-0.2, 0) is 15.4 Å². The average molecular weight is 489 g/mol. The van der Waals surface area contributed by atoms with Gasteiger partial charge in [0.2, 0.25) is 10.0 Å². The third kappa shape index (κ3) is 5.63. The standard InChI is InChI=1S/C24H29FN4O4S/c1-15(2)28-34(31,32)20-13-16(7-12-19(20)33-6)23(30)26-22-14-21(24(3,4)5)27-29(22)18-10-8-17(25)9-11-18/h7-15,28H,1-6H3,(H,26,30). The van der Waals surface area contributed by atoms with E-state index in [2.05, 4.69) is 15.1 Å². The summed E-state index contributed by atoms with van der Waals surface area (Å²) in [6.07, 6.45) is 0. The summed E-state index contributed by atoms with van der Waals surface area (Å²) >= 11 is 0. The van der Waals surface area contributed by atoms with Crippen molar-refractivity contribution in [3.63, 3.8) is 0 Å². The van der Waals surface area contributed by atoms with Gasteiger partial charge in [-0.25, -0.2) is 22.2 Å². The van der Waals surface area contributed by atoms with Gasteiger partial charge in [-0.2, -0.15) is 5.10 Å². The highest BCUT2D eigenvalue weighted by Crippen LogP contribution is 2.28. The summed E-state index contributed by atoms with van der Waals surface area (Å²) in [7, 11) is -2.55. The van der Waals surface area contributed by atoms with Crippen LogP contribution in [0.25, 0.3) is 5.69 Å². The van der Waals surface area contributed by atoms with E-state index in [1.54, 1.807) is 32.0 Å². The Kier molecular flexibility index (Phi) is 7.13. The van der Waals surface area contributed by atoms with E-state index in [9.17, 15) is 17.6 Å². The van der Waals surface area contributed by atoms with E-state index in [0.29, 0.717) is 17.2 Å². The minimum atomic E-state index is -3.91. The number of nitrogens with one attached hydrogen (secondary N) is 2. The fourth-order valence-corrected chi connectivity index (χ4v) is 4.65. The molecule has 0 saturated carbocycles. The van der Waals surface area contributed by atoms with Crippen LogP contribution in [0.2, 0.25) is 0 Å². The Labute approximate surface area is 199 Å². The Balaban J connectivity index is 2.02. The van der Waals surface area contributed by atoms with Gasteiger partial charge < -0.3 is 10.1 Å². The van der Waals surface area contributed by atoms with Crippen LogP contribution < -0.4 is 14.8 Å². The first-order valence-corrected chi connectivity index (χ1v) is 12.2. The number of halogens is 1. The van der Waals surface area contributed by atoms with Crippen LogP contribution in [0.3, 0.4) is 0 Å². The van der Waals surface area contributed by atoms with Gasteiger partial charge in [-0.05, 0) is 56.3 Å². The van der Waals surface area contributed by atoms with Crippen molar-refractivity contribution in [1.29, 1.82) is 0 Å². The number of amides is 1. The Morgan fingerprint density at radius 1 is 1.09 bits per heavy atom. The second-order valence-corrected chi connectivity index (χ2v) is 10.8. The Bertz CT molecular complexity index is 1290. The first kappa shape index (κ1) is 25.4. The van der Waals surface area contributed by atoms with Gasteiger partial charge in [0.15, 0.2) is 0 Å². The zero-order chi connectivity index (χ0) is 25.3. The monoisotopic (exact) mass is 488 g/mol. The molecular formula is C24H29FN4O4S. The molecule has 0 atom stereocenters. The molecule has 2 N–H and O–H groups in total. The van der Waals surface area contributed by atoms with Gasteiger partial charge in [0.25, 0.3) is 5.91 Å². The number of methoxy groups -OCH3 is 1. The Morgan fingerprint density at radius 3 is 2.29 bits per heavy atom. The molecule has 0 aliphatic heterocycles. The lowest BCUT2D eigenvalue weighted by Crippen LogP contribution is -2.30. The van der Waals surface area contributed by atoms with Crippen LogP contribution in [0.4, 0.5) is 10.2 Å². The third-order valence-electron chi connectivity index (χ3n) is 4.90. The molecule has 8 nitrogen and oxygen atoms in total. The second kappa shape index (κ2) is 9.55. The zero-order valence-corrected chi connectivity index (χ0v) is 20.8. The summed E-state index contributed by atoms with van der Waals surface area (Å²) in [5.41, 5.74) is 1.08. The molecule has 0 spiro atoms. The van der Waals surface area contributed by atoms with Crippen LogP contribution >= 0.6 is 0 Å². The minimum absolute atomic E-state index is 0.120. The lowest BCUT2D eigenvalue weighted by Gasteiger charge is -2.14. The van der Waals surface area contributed by atoms with Gasteiger partial charge in [0.1, 0.15) is 22.3 Å². The lowest BCUT2D eigenvalue weighted by molar-refractivity contribution is 0.102. The van der Waals surface area contributed by atoms with E-state index in [4.69, 9.17) is 4.74 Å². The highest BCUT2D eigenvalue weighted by molar-refractivity contribution is 7.89. The van der Waals surface area contributed by atoms with Crippen LogP contribution in [0.15, 0.2) is 53.4 Å². The molecule has 0 aliphatic rings. The van der Waals surface area contributed by atoms with Gasteiger partial charge in [-0.1, -0.05) is 20.8 Å². The number of sulfonamides is 1. The lowest BCUT2D eigenvalue weighted by atomic mass is 9.92. The largest absolute Gasteiger partial charge is 0.495 e. The molecule has 34 heavy (non-hydrogen) atoms. The van der Waals surface area contributed by atoms with Crippen LogP contribution in [0.5, 0.6) is 5.75 Å². The molecule has 1 aromatic heterocycles. The fraction of sp³-hybridized carbons (Fsp3) is 0.333. The molecule has 1 heterocycles. The zero-order valence-electron chi connectivity index (χ0n) is 20.0. The summed E-state index contributed by atoms with van der Waals surface area (Å²) < 4.78 is 48.2. The first-order chi connectivity index (χ1) is 15.8. The van der Waals surface area contributed by atoms with Crippen molar-refractivity contribution in [1.82, 2.24) is 14.5 Å². The Morgan fingerprint density at radius 2 is 1.74 bits per heavy atom. The first-order valence-electron chi connectivity index (χ1n) is 10.7. The van der Waals surface area contributed by atoms with E-state index in [1.807, 2.05) is 20.8 Å². The minimum Gasteiger partial charge on any atom is -0.495 e. The van der Waals surface area contributed by atoms with Crippen molar-refractivity contribution in [2.75, 3.05) is 12.4 Å². The van der Waals surface area contributed by atoms with Gasteiger partial charge in [-0.3, -0.25) is 4.79 Å².